The average Bonchev–Trinajstić information content (AvgIpc) is 2.46. The number of hydrogen-bond acceptors (Lipinski definition) is 3. The van der Waals surface area contributed by atoms with Crippen LogP contribution in [0.4, 0.5) is 0 Å². The molecular formula is C12H12ClNO2S. The lowest BCUT2D eigenvalue weighted by Crippen LogP contribution is -2.31. The van der Waals surface area contributed by atoms with Crippen molar-refractivity contribution in [2.75, 3.05) is 0 Å². The number of amides is 1. The van der Waals surface area contributed by atoms with Gasteiger partial charge >= 0.3 is 0 Å². The zero-order valence-electron chi connectivity index (χ0n) is 9.57. The van der Waals surface area contributed by atoms with Gasteiger partial charge in [0.15, 0.2) is 0 Å². The van der Waals surface area contributed by atoms with Crippen molar-refractivity contribution < 1.29 is 9.63 Å². The molecule has 17 heavy (non-hydrogen) atoms. The molecular weight excluding hydrogens is 258 g/mol. The highest BCUT2D eigenvalue weighted by molar-refractivity contribution is 7.80. The van der Waals surface area contributed by atoms with Crippen LogP contribution in [0.25, 0.3) is 0 Å². The molecule has 1 aliphatic rings. The van der Waals surface area contributed by atoms with E-state index >= 15 is 0 Å². The second kappa shape index (κ2) is 4.27. The molecule has 90 valence electrons. The number of carbonyl (C=O) groups is 1. The summed E-state index contributed by atoms with van der Waals surface area (Å²) < 4.78 is 0. The van der Waals surface area contributed by atoms with Gasteiger partial charge in [-0.2, -0.15) is 5.06 Å². The van der Waals surface area contributed by atoms with Crippen LogP contribution in [-0.2, 0) is 16.2 Å². The van der Waals surface area contributed by atoms with Gasteiger partial charge in [-0.3, -0.25) is 4.79 Å². The number of hydroxylamine groups is 2. The normalized spacial score (nSPS) is 18.4. The summed E-state index contributed by atoms with van der Waals surface area (Å²) in [6, 6.07) is 7.34. The van der Waals surface area contributed by atoms with Crippen molar-refractivity contribution >= 4 is 34.8 Å². The number of nitrogens with zero attached hydrogens (tertiary/aromatic N) is 1. The first-order chi connectivity index (χ1) is 7.93. The Morgan fingerprint density at radius 2 is 2.06 bits per heavy atom. The van der Waals surface area contributed by atoms with Crippen molar-refractivity contribution in [2.45, 2.75) is 20.4 Å². The zero-order chi connectivity index (χ0) is 12.6. The maximum absolute atomic E-state index is 12.0. The predicted molar refractivity (Wildman–Crippen MR) is 69.5 cm³/mol. The molecule has 0 radical (unpaired) electrons. The van der Waals surface area contributed by atoms with Crippen LogP contribution >= 0.6 is 23.8 Å². The lowest BCUT2D eigenvalue weighted by molar-refractivity contribution is -0.155. The Bertz CT molecular complexity index is 487. The Hall–Kier alpha value is -1.13. The molecule has 0 aliphatic carbocycles. The molecule has 5 heteroatoms. The van der Waals surface area contributed by atoms with Gasteiger partial charge in [0.05, 0.1) is 6.54 Å². The Labute approximate surface area is 110 Å². The van der Waals surface area contributed by atoms with E-state index in [0.717, 1.165) is 5.56 Å². The highest BCUT2D eigenvalue weighted by atomic mass is 35.5. The third-order valence-corrected chi connectivity index (χ3v) is 3.69. The van der Waals surface area contributed by atoms with E-state index < -0.39 is 5.41 Å². The number of thiocarbonyl (C=S) groups is 1. The molecule has 0 spiro atoms. The third-order valence-electron chi connectivity index (χ3n) is 2.74. The molecule has 1 aromatic rings. The third kappa shape index (κ3) is 2.15. The van der Waals surface area contributed by atoms with E-state index in [-0.39, 0.29) is 5.91 Å². The van der Waals surface area contributed by atoms with Gasteiger partial charge in [0.1, 0.15) is 5.41 Å². The quantitative estimate of drug-likeness (QED) is 0.773. The highest BCUT2D eigenvalue weighted by Gasteiger charge is 2.46. The minimum atomic E-state index is -0.739. The van der Waals surface area contributed by atoms with E-state index in [0.29, 0.717) is 16.6 Å². The maximum Gasteiger partial charge on any atom is 0.269 e. The van der Waals surface area contributed by atoms with E-state index in [9.17, 15) is 4.79 Å². The summed E-state index contributed by atoms with van der Waals surface area (Å²) in [4.78, 5) is 17.3. The minimum absolute atomic E-state index is 0.137. The van der Waals surface area contributed by atoms with Crippen molar-refractivity contribution in [3.05, 3.63) is 34.9 Å². The van der Waals surface area contributed by atoms with Crippen molar-refractivity contribution in [2.24, 2.45) is 5.41 Å². The van der Waals surface area contributed by atoms with Gasteiger partial charge in [0, 0.05) is 5.02 Å². The number of rotatable bonds is 2. The smallest absolute Gasteiger partial charge is 0.269 e. The fourth-order valence-corrected chi connectivity index (χ4v) is 1.91. The summed E-state index contributed by atoms with van der Waals surface area (Å²) in [6.45, 7) is 3.82. The van der Waals surface area contributed by atoms with Crippen LogP contribution in [0.2, 0.25) is 5.02 Å². The standard InChI is InChI=1S/C12H12ClNO2S/c1-12(2)10(15)14(16-11(12)17)7-8-5-3-4-6-9(8)13/h3-6H,7H2,1-2H3. The maximum atomic E-state index is 12.0. The molecule has 0 unspecified atom stereocenters. The fourth-order valence-electron chi connectivity index (χ4n) is 1.54. The summed E-state index contributed by atoms with van der Waals surface area (Å²) in [5.74, 6) is -0.137. The van der Waals surface area contributed by atoms with Crippen molar-refractivity contribution in [1.82, 2.24) is 5.06 Å². The topological polar surface area (TPSA) is 29.5 Å². The molecule has 0 aromatic heterocycles. The predicted octanol–water partition coefficient (Wildman–Crippen LogP) is 2.97. The molecule has 1 amide bonds. The minimum Gasteiger partial charge on any atom is -0.368 e. The highest BCUT2D eigenvalue weighted by Crippen LogP contribution is 2.31. The van der Waals surface area contributed by atoms with Gasteiger partial charge in [-0.15, -0.1) is 0 Å². The van der Waals surface area contributed by atoms with E-state index in [4.69, 9.17) is 28.7 Å². The molecule has 0 bridgehead atoms. The van der Waals surface area contributed by atoms with Gasteiger partial charge in [-0.25, -0.2) is 0 Å². The van der Waals surface area contributed by atoms with Crippen LogP contribution in [0.5, 0.6) is 0 Å². The molecule has 0 atom stereocenters. The number of carbonyl (C=O) groups excluding carboxylic acids is 1. The molecule has 1 saturated heterocycles. The number of hydrogen-bond donors (Lipinski definition) is 0. The Kier molecular flexibility index (Phi) is 3.10. The van der Waals surface area contributed by atoms with Crippen LogP contribution < -0.4 is 0 Å². The van der Waals surface area contributed by atoms with Gasteiger partial charge < -0.3 is 4.84 Å². The summed E-state index contributed by atoms with van der Waals surface area (Å²) >= 11 is 11.1. The monoisotopic (exact) mass is 269 g/mol. The van der Waals surface area contributed by atoms with Crippen molar-refractivity contribution in [1.29, 1.82) is 0 Å². The summed E-state index contributed by atoms with van der Waals surface area (Å²) in [7, 11) is 0. The Morgan fingerprint density at radius 3 is 2.59 bits per heavy atom. The van der Waals surface area contributed by atoms with Crippen LogP contribution in [-0.4, -0.2) is 16.0 Å². The molecule has 1 fully saturated rings. The summed E-state index contributed by atoms with van der Waals surface area (Å²) in [5.41, 5.74) is 0.0966. The molecule has 0 saturated carbocycles. The van der Waals surface area contributed by atoms with Crippen LogP contribution in [0.3, 0.4) is 0 Å². The molecule has 1 heterocycles. The van der Waals surface area contributed by atoms with Crippen LogP contribution in [0, 0.1) is 5.41 Å². The zero-order valence-corrected chi connectivity index (χ0v) is 11.1. The number of halogens is 1. The first kappa shape index (κ1) is 12.3. The summed E-state index contributed by atoms with van der Waals surface area (Å²) in [5, 5.41) is 2.18. The van der Waals surface area contributed by atoms with Gasteiger partial charge in [0.2, 0.25) is 5.05 Å². The lowest BCUT2D eigenvalue weighted by atomic mass is 9.94. The molecule has 0 N–H and O–H groups in total. The van der Waals surface area contributed by atoms with E-state index in [1.165, 1.54) is 5.06 Å². The number of benzene rings is 1. The van der Waals surface area contributed by atoms with Crippen molar-refractivity contribution in [3.63, 3.8) is 0 Å². The molecule has 3 nitrogen and oxygen atoms in total. The van der Waals surface area contributed by atoms with Gasteiger partial charge in [-0.05, 0) is 37.7 Å². The Balaban J connectivity index is 2.20. The largest absolute Gasteiger partial charge is 0.368 e. The van der Waals surface area contributed by atoms with Gasteiger partial charge in [0.25, 0.3) is 5.91 Å². The van der Waals surface area contributed by atoms with Crippen molar-refractivity contribution in [3.8, 4) is 0 Å². The second-order valence-electron chi connectivity index (χ2n) is 4.44. The van der Waals surface area contributed by atoms with E-state index in [1.54, 1.807) is 19.9 Å². The molecule has 1 aliphatic heterocycles. The SMILES string of the molecule is CC1(C)C(=O)N(Cc2ccccc2Cl)OC1=S. The first-order valence-electron chi connectivity index (χ1n) is 5.20. The Morgan fingerprint density at radius 1 is 1.41 bits per heavy atom. The van der Waals surface area contributed by atoms with Crippen LogP contribution in [0.15, 0.2) is 24.3 Å². The van der Waals surface area contributed by atoms with Gasteiger partial charge in [-0.1, -0.05) is 29.8 Å². The molecule has 1 aromatic carbocycles. The molecule has 2 rings (SSSR count). The summed E-state index contributed by atoms with van der Waals surface area (Å²) in [6.07, 6.45) is 0. The second-order valence-corrected chi connectivity index (χ2v) is 5.21. The van der Waals surface area contributed by atoms with E-state index in [1.807, 2.05) is 18.2 Å². The fraction of sp³-hybridized carbons (Fsp3) is 0.333. The lowest BCUT2D eigenvalue weighted by Gasteiger charge is -2.15. The average molecular weight is 270 g/mol. The van der Waals surface area contributed by atoms with Crippen LogP contribution in [0.1, 0.15) is 19.4 Å². The van der Waals surface area contributed by atoms with E-state index in [2.05, 4.69) is 0 Å². The first-order valence-corrected chi connectivity index (χ1v) is 5.99.